The van der Waals surface area contributed by atoms with E-state index in [1.54, 1.807) is 0 Å². The molecule has 0 spiro atoms. The van der Waals surface area contributed by atoms with Gasteiger partial charge in [-0.15, -0.1) is 0 Å². The molecule has 18 heavy (non-hydrogen) atoms. The van der Waals surface area contributed by atoms with Gasteiger partial charge in [0.2, 0.25) is 0 Å². The quantitative estimate of drug-likeness (QED) is 0.746. The monoisotopic (exact) mass is 248 g/mol. The van der Waals surface area contributed by atoms with Crippen LogP contribution in [-0.4, -0.2) is 44.3 Å². The SMILES string of the molecule is CNCCCOC1CCN(Cc2ccccc2)C1. The molecule has 0 saturated carbocycles. The molecule has 1 N–H and O–H groups in total. The van der Waals surface area contributed by atoms with Crippen LogP contribution in [0.3, 0.4) is 0 Å². The van der Waals surface area contributed by atoms with E-state index in [1.807, 2.05) is 7.05 Å². The molecule has 1 aliphatic rings. The second kappa shape index (κ2) is 7.52. The van der Waals surface area contributed by atoms with Gasteiger partial charge in [-0.1, -0.05) is 30.3 Å². The number of hydrogen-bond acceptors (Lipinski definition) is 3. The fraction of sp³-hybridized carbons (Fsp3) is 0.600. The third-order valence-electron chi connectivity index (χ3n) is 3.40. The minimum Gasteiger partial charge on any atom is -0.377 e. The highest BCUT2D eigenvalue weighted by Crippen LogP contribution is 2.15. The van der Waals surface area contributed by atoms with Crippen molar-refractivity contribution in [1.82, 2.24) is 10.2 Å². The maximum Gasteiger partial charge on any atom is 0.0714 e. The highest BCUT2D eigenvalue weighted by Gasteiger charge is 2.22. The van der Waals surface area contributed by atoms with Crippen molar-refractivity contribution >= 4 is 0 Å². The maximum absolute atomic E-state index is 5.89. The molecule has 0 aromatic heterocycles. The average molecular weight is 248 g/mol. The highest BCUT2D eigenvalue weighted by molar-refractivity contribution is 5.14. The maximum atomic E-state index is 5.89. The lowest BCUT2D eigenvalue weighted by Crippen LogP contribution is -2.23. The summed E-state index contributed by atoms with van der Waals surface area (Å²) in [6.07, 6.45) is 2.71. The number of ether oxygens (including phenoxy) is 1. The van der Waals surface area contributed by atoms with Gasteiger partial charge < -0.3 is 10.1 Å². The van der Waals surface area contributed by atoms with Gasteiger partial charge in [-0.2, -0.15) is 0 Å². The Morgan fingerprint density at radius 2 is 2.17 bits per heavy atom. The number of rotatable bonds is 7. The summed E-state index contributed by atoms with van der Waals surface area (Å²) in [4.78, 5) is 2.48. The number of benzene rings is 1. The third kappa shape index (κ3) is 4.41. The molecule has 1 aliphatic heterocycles. The molecular weight excluding hydrogens is 224 g/mol. The fourth-order valence-electron chi connectivity index (χ4n) is 2.42. The van der Waals surface area contributed by atoms with Gasteiger partial charge in [-0.05, 0) is 32.0 Å². The molecular formula is C15H24N2O. The molecule has 1 atom stereocenters. The molecule has 1 aromatic rings. The lowest BCUT2D eigenvalue weighted by atomic mass is 10.2. The summed E-state index contributed by atoms with van der Waals surface area (Å²) >= 11 is 0. The van der Waals surface area contributed by atoms with E-state index in [2.05, 4.69) is 40.5 Å². The summed E-state index contributed by atoms with van der Waals surface area (Å²) in [5, 5.41) is 3.14. The molecule has 1 saturated heterocycles. The average Bonchev–Trinajstić information content (AvgIpc) is 2.84. The van der Waals surface area contributed by atoms with E-state index in [-0.39, 0.29) is 0 Å². The Morgan fingerprint density at radius 3 is 2.94 bits per heavy atom. The molecule has 0 bridgehead atoms. The lowest BCUT2D eigenvalue weighted by Gasteiger charge is -2.16. The van der Waals surface area contributed by atoms with Gasteiger partial charge in [0.05, 0.1) is 6.10 Å². The van der Waals surface area contributed by atoms with Crippen LogP contribution in [0.2, 0.25) is 0 Å². The summed E-state index contributed by atoms with van der Waals surface area (Å²) in [5.74, 6) is 0. The van der Waals surface area contributed by atoms with Gasteiger partial charge in [0.1, 0.15) is 0 Å². The van der Waals surface area contributed by atoms with Crippen LogP contribution in [0.4, 0.5) is 0 Å². The van der Waals surface area contributed by atoms with Crippen molar-refractivity contribution in [1.29, 1.82) is 0 Å². The van der Waals surface area contributed by atoms with Gasteiger partial charge in [-0.25, -0.2) is 0 Å². The Balaban J connectivity index is 1.65. The number of nitrogens with one attached hydrogen (secondary N) is 1. The summed E-state index contributed by atoms with van der Waals surface area (Å²) in [6.45, 7) is 5.21. The van der Waals surface area contributed by atoms with E-state index in [0.717, 1.165) is 39.2 Å². The molecule has 3 heteroatoms. The molecule has 0 radical (unpaired) electrons. The number of likely N-dealkylation sites (tertiary alicyclic amines) is 1. The van der Waals surface area contributed by atoms with Gasteiger partial charge in [0.15, 0.2) is 0 Å². The molecule has 1 unspecified atom stereocenters. The predicted molar refractivity (Wildman–Crippen MR) is 74.6 cm³/mol. The summed E-state index contributed by atoms with van der Waals surface area (Å²) < 4.78 is 5.89. The van der Waals surface area contributed by atoms with Crippen molar-refractivity contribution in [3.05, 3.63) is 35.9 Å². The molecule has 100 valence electrons. The zero-order valence-electron chi connectivity index (χ0n) is 11.3. The topological polar surface area (TPSA) is 24.5 Å². The molecule has 0 amide bonds. The Morgan fingerprint density at radius 1 is 1.33 bits per heavy atom. The van der Waals surface area contributed by atoms with Crippen LogP contribution in [-0.2, 0) is 11.3 Å². The molecule has 2 rings (SSSR count). The van der Waals surface area contributed by atoms with E-state index < -0.39 is 0 Å². The van der Waals surface area contributed by atoms with Crippen LogP contribution in [0.15, 0.2) is 30.3 Å². The zero-order chi connectivity index (χ0) is 12.6. The van der Waals surface area contributed by atoms with Gasteiger partial charge in [0.25, 0.3) is 0 Å². The van der Waals surface area contributed by atoms with Crippen LogP contribution in [0.5, 0.6) is 0 Å². The van der Waals surface area contributed by atoms with Gasteiger partial charge in [0, 0.05) is 26.2 Å². The molecule has 1 fully saturated rings. The first kappa shape index (κ1) is 13.5. The second-order valence-electron chi connectivity index (χ2n) is 4.96. The van der Waals surface area contributed by atoms with E-state index >= 15 is 0 Å². The Bertz CT molecular complexity index is 329. The Hall–Kier alpha value is -0.900. The minimum absolute atomic E-state index is 0.436. The Labute approximate surface area is 110 Å². The number of hydrogen-bond donors (Lipinski definition) is 1. The van der Waals surface area contributed by atoms with E-state index in [0.29, 0.717) is 6.10 Å². The van der Waals surface area contributed by atoms with Crippen molar-refractivity contribution in [2.24, 2.45) is 0 Å². The zero-order valence-corrected chi connectivity index (χ0v) is 11.3. The first-order chi connectivity index (χ1) is 8.88. The van der Waals surface area contributed by atoms with Gasteiger partial charge in [-0.3, -0.25) is 4.90 Å². The fourth-order valence-corrected chi connectivity index (χ4v) is 2.42. The van der Waals surface area contributed by atoms with E-state index in [9.17, 15) is 0 Å². The second-order valence-corrected chi connectivity index (χ2v) is 4.96. The van der Waals surface area contributed by atoms with Crippen molar-refractivity contribution in [2.75, 3.05) is 33.3 Å². The largest absolute Gasteiger partial charge is 0.377 e. The first-order valence-electron chi connectivity index (χ1n) is 6.91. The standard InChI is InChI=1S/C15H24N2O/c1-16-9-5-11-18-15-8-10-17(13-15)12-14-6-3-2-4-7-14/h2-4,6-7,15-16H,5,8-13H2,1H3. The smallest absolute Gasteiger partial charge is 0.0714 e. The molecule has 1 aromatic carbocycles. The normalized spacial score (nSPS) is 20.4. The van der Waals surface area contributed by atoms with Crippen LogP contribution in [0, 0.1) is 0 Å². The van der Waals surface area contributed by atoms with E-state index in [4.69, 9.17) is 4.74 Å². The molecule has 0 aliphatic carbocycles. The van der Waals surface area contributed by atoms with Gasteiger partial charge >= 0.3 is 0 Å². The van der Waals surface area contributed by atoms with Crippen LogP contribution >= 0.6 is 0 Å². The number of nitrogens with zero attached hydrogens (tertiary/aromatic N) is 1. The van der Waals surface area contributed by atoms with Crippen molar-refractivity contribution in [3.8, 4) is 0 Å². The van der Waals surface area contributed by atoms with E-state index in [1.165, 1.54) is 12.0 Å². The minimum atomic E-state index is 0.436. The summed E-state index contributed by atoms with van der Waals surface area (Å²) in [5.41, 5.74) is 1.40. The Kier molecular flexibility index (Phi) is 5.65. The van der Waals surface area contributed by atoms with Crippen LogP contribution < -0.4 is 5.32 Å². The summed E-state index contributed by atoms with van der Waals surface area (Å²) in [7, 11) is 1.98. The van der Waals surface area contributed by atoms with Crippen molar-refractivity contribution in [2.45, 2.75) is 25.5 Å². The van der Waals surface area contributed by atoms with Crippen LogP contribution in [0.25, 0.3) is 0 Å². The van der Waals surface area contributed by atoms with Crippen molar-refractivity contribution in [3.63, 3.8) is 0 Å². The predicted octanol–water partition coefficient (Wildman–Crippen LogP) is 1.89. The molecule has 1 heterocycles. The molecule has 3 nitrogen and oxygen atoms in total. The highest BCUT2D eigenvalue weighted by atomic mass is 16.5. The van der Waals surface area contributed by atoms with Crippen molar-refractivity contribution < 1.29 is 4.74 Å². The van der Waals surface area contributed by atoms with Crippen LogP contribution in [0.1, 0.15) is 18.4 Å². The summed E-state index contributed by atoms with van der Waals surface area (Å²) in [6, 6.07) is 10.7. The first-order valence-corrected chi connectivity index (χ1v) is 6.91. The lowest BCUT2D eigenvalue weighted by molar-refractivity contribution is 0.0573. The third-order valence-corrected chi connectivity index (χ3v) is 3.40.